The zero-order valence-electron chi connectivity index (χ0n) is 12.6. The Morgan fingerprint density at radius 3 is 2.35 bits per heavy atom. The van der Waals surface area contributed by atoms with Gasteiger partial charge >= 0.3 is 0 Å². The fraction of sp³-hybridized carbons (Fsp3) is 0.357. The number of benzene rings is 1. The number of hydrogen-bond acceptors (Lipinski definition) is 6. The van der Waals surface area contributed by atoms with Gasteiger partial charge in [0.05, 0.1) is 10.8 Å². The third kappa shape index (κ3) is 10.3. The van der Waals surface area contributed by atoms with Crippen LogP contribution in [0.5, 0.6) is 0 Å². The molecule has 1 amide bonds. The third-order valence-electron chi connectivity index (χ3n) is 2.41. The van der Waals surface area contributed by atoms with Gasteiger partial charge < -0.3 is 16.0 Å². The van der Waals surface area contributed by atoms with Gasteiger partial charge in [-0.3, -0.25) is 4.79 Å². The van der Waals surface area contributed by atoms with Crippen molar-refractivity contribution in [3.8, 4) is 0 Å². The highest BCUT2D eigenvalue weighted by Gasteiger charge is 1.98. The highest BCUT2D eigenvalue weighted by Crippen LogP contribution is 2.19. The van der Waals surface area contributed by atoms with Gasteiger partial charge in [-0.2, -0.15) is 4.99 Å². The van der Waals surface area contributed by atoms with Crippen LogP contribution < -0.4 is 16.0 Å². The SMILES string of the molecule is CC(=O)NCCSSCCNC(=S)Nc1ccc(N=C=S)cc1. The standard InChI is InChI=1S/C14H18N4OS4/c1-11(19)15-6-8-22-23-9-7-16-14(21)18-13-4-2-12(3-5-13)17-10-20/h2-5H,6-9H2,1H3,(H,15,19)(H2,16,18,21). The lowest BCUT2D eigenvalue weighted by Crippen LogP contribution is -2.30. The smallest absolute Gasteiger partial charge is 0.216 e. The molecule has 0 atom stereocenters. The highest BCUT2D eigenvalue weighted by molar-refractivity contribution is 8.76. The molecule has 0 saturated heterocycles. The first-order valence-electron chi connectivity index (χ1n) is 6.83. The van der Waals surface area contributed by atoms with Crippen LogP contribution in [-0.2, 0) is 4.79 Å². The van der Waals surface area contributed by atoms with Crippen molar-refractivity contribution in [1.29, 1.82) is 0 Å². The van der Waals surface area contributed by atoms with Crippen LogP contribution in [0.4, 0.5) is 11.4 Å². The molecule has 0 heterocycles. The van der Waals surface area contributed by atoms with Gasteiger partial charge in [-0.05, 0) is 48.7 Å². The number of rotatable bonds is 9. The van der Waals surface area contributed by atoms with Gasteiger partial charge in [0.15, 0.2) is 5.11 Å². The Balaban J connectivity index is 2.10. The van der Waals surface area contributed by atoms with Gasteiger partial charge in [-0.15, -0.1) is 0 Å². The van der Waals surface area contributed by atoms with Crippen molar-refractivity contribution in [2.24, 2.45) is 4.99 Å². The predicted molar refractivity (Wildman–Crippen MR) is 109 cm³/mol. The molecule has 23 heavy (non-hydrogen) atoms. The molecule has 0 aliphatic carbocycles. The average Bonchev–Trinajstić information content (AvgIpc) is 2.52. The summed E-state index contributed by atoms with van der Waals surface area (Å²) in [5, 5.41) is 11.9. The monoisotopic (exact) mass is 386 g/mol. The van der Waals surface area contributed by atoms with Gasteiger partial charge in [-0.25, -0.2) is 0 Å². The number of carbonyl (C=O) groups excluding carboxylic acids is 1. The molecule has 124 valence electrons. The number of isothiocyanates is 1. The molecule has 0 saturated carbocycles. The number of carbonyl (C=O) groups is 1. The lowest BCUT2D eigenvalue weighted by Gasteiger charge is -2.10. The van der Waals surface area contributed by atoms with Crippen LogP contribution in [-0.4, -0.2) is 40.8 Å². The van der Waals surface area contributed by atoms with E-state index in [1.807, 2.05) is 24.3 Å². The second-order valence-electron chi connectivity index (χ2n) is 4.26. The Kier molecular flexibility index (Phi) is 10.7. The third-order valence-corrected chi connectivity index (χ3v) is 5.16. The number of thiocarbonyl (C=S) groups is 2. The van der Waals surface area contributed by atoms with Crippen molar-refractivity contribution in [1.82, 2.24) is 10.6 Å². The highest BCUT2D eigenvalue weighted by atomic mass is 33.1. The number of anilines is 1. The summed E-state index contributed by atoms with van der Waals surface area (Å²) in [6.07, 6.45) is 0. The second-order valence-corrected chi connectivity index (χ2v) is 7.55. The number of nitrogens with zero attached hydrogens (tertiary/aromatic N) is 1. The summed E-state index contributed by atoms with van der Waals surface area (Å²) in [6.45, 7) is 2.99. The van der Waals surface area contributed by atoms with Crippen molar-refractivity contribution in [2.75, 3.05) is 29.9 Å². The molecule has 0 unspecified atom stereocenters. The summed E-state index contributed by atoms with van der Waals surface area (Å²) in [5.41, 5.74) is 1.65. The molecule has 0 bridgehead atoms. The van der Waals surface area contributed by atoms with E-state index in [9.17, 15) is 4.79 Å². The van der Waals surface area contributed by atoms with Crippen molar-refractivity contribution in [3.63, 3.8) is 0 Å². The first-order valence-corrected chi connectivity index (χ1v) is 10.1. The van der Waals surface area contributed by atoms with E-state index in [1.165, 1.54) is 6.92 Å². The Bertz CT molecular complexity index is 558. The van der Waals surface area contributed by atoms with Crippen molar-refractivity contribution in [2.45, 2.75) is 6.92 Å². The molecule has 0 aromatic heterocycles. The molecule has 0 spiro atoms. The molecule has 3 N–H and O–H groups in total. The first-order chi connectivity index (χ1) is 11.1. The summed E-state index contributed by atoms with van der Waals surface area (Å²) in [4.78, 5) is 14.6. The Morgan fingerprint density at radius 1 is 1.17 bits per heavy atom. The zero-order chi connectivity index (χ0) is 16.9. The molecule has 1 aromatic rings. The van der Waals surface area contributed by atoms with E-state index in [0.29, 0.717) is 11.7 Å². The molecule has 0 radical (unpaired) electrons. The van der Waals surface area contributed by atoms with Crippen LogP contribution >= 0.6 is 46.0 Å². The van der Waals surface area contributed by atoms with Crippen molar-refractivity contribution in [3.05, 3.63) is 24.3 Å². The van der Waals surface area contributed by atoms with Crippen LogP contribution in [0.15, 0.2) is 29.3 Å². The van der Waals surface area contributed by atoms with Crippen LogP contribution in [0.1, 0.15) is 6.92 Å². The quantitative estimate of drug-likeness (QED) is 0.261. The van der Waals surface area contributed by atoms with Crippen LogP contribution in [0.3, 0.4) is 0 Å². The van der Waals surface area contributed by atoms with Crippen molar-refractivity contribution >= 4 is 73.6 Å². The van der Waals surface area contributed by atoms with E-state index >= 15 is 0 Å². The maximum atomic E-state index is 10.7. The van der Waals surface area contributed by atoms with Gasteiger partial charge in [0.1, 0.15) is 0 Å². The summed E-state index contributed by atoms with van der Waals surface area (Å²) >= 11 is 9.79. The van der Waals surface area contributed by atoms with Gasteiger partial charge in [0.2, 0.25) is 5.91 Å². The summed E-state index contributed by atoms with van der Waals surface area (Å²) < 4.78 is 0. The molecule has 0 aliphatic rings. The van der Waals surface area contributed by atoms with E-state index in [0.717, 1.165) is 29.4 Å². The molecular formula is C14H18N4OS4. The lowest BCUT2D eigenvalue weighted by atomic mass is 10.3. The summed E-state index contributed by atoms with van der Waals surface area (Å²) in [5.74, 6) is 1.83. The van der Waals surface area contributed by atoms with E-state index in [1.54, 1.807) is 21.6 Å². The van der Waals surface area contributed by atoms with E-state index in [2.05, 4.69) is 38.3 Å². The molecule has 9 heteroatoms. The van der Waals surface area contributed by atoms with E-state index < -0.39 is 0 Å². The van der Waals surface area contributed by atoms with E-state index in [-0.39, 0.29) is 5.91 Å². The number of nitrogens with one attached hydrogen (secondary N) is 3. The zero-order valence-corrected chi connectivity index (χ0v) is 15.9. The number of aliphatic imine (C=N–C) groups is 1. The predicted octanol–water partition coefficient (Wildman–Crippen LogP) is 3.22. The van der Waals surface area contributed by atoms with E-state index in [4.69, 9.17) is 12.2 Å². The molecule has 0 fully saturated rings. The minimum atomic E-state index is 0.01000. The number of amides is 1. The lowest BCUT2D eigenvalue weighted by molar-refractivity contribution is -0.118. The number of hydrogen-bond donors (Lipinski definition) is 3. The van der Waals surface area contributed by atoms with Gasteiger partial charge in [0, 0.05) is 37.2 Å². The van der Waals surface area contributed by atoms with Crippen LogP contribution in [0.25, 0.3) is 0 Å². The molecule has 0 aliphatic heterocycles. The Labute approximate surface area is 154 Å². The van der Waals surface area contributed by atoms with Gasteiger partial charge in [-0.1, -0.05) is 21.6 Å². The van der Waals surface area contributed by atoms with Crippen molar-refractivity contribution < 1.29 is 4.79 Å². The molecular weight excluding hydrogens is 368 g/mol. The molecule has 5 nitrogen and oxygen atoms in total. The van der Waals surface area contributed by atoms with Crippen LogP contribution in [0, 0.1) is 0 Å². The summed E-state index contributed by atoms with van der Waals surface area (Å²) in [7, 11) is 3.48. The minimum Gasteiger partial charge on any atom is -0.362 e. The molecule has 1 rings (SSSR count). The largest absolute Gasteiger partial charge is 0.362 e. The first kappa shape index (κ1) is 19.9. The fourth-order valence-corrected chi connectivity index (χ4v) is 3.58. The maximum absolute atomic E-state index is 10.7. The maximum Gasteiger partial charge on any atom is 0.216 e. The average molecular weight is 387 g/mol. The normalized spacial score (nSPS) is 9.61. The van der Waals surface area contributed by atoms with Gasteiger partial charge in [0.25, 0.3) is 0 Å². The Morgan fingerprint density at radius 2 is 1.78 bits per heavy atom. The minimum absolute atomic E-state index is 0.01000. The topological polar surface area (TPSA) is 65.5 Å². The second kappa shape index (κ2) is 12.3. The summed E-state index contributed by atoms with van der Waals surface area (Å²) in [6, 6.07) is 7.44. The van der Waals surface area contributed by atoms with Crippen LogP contribution in [0.2, 0.25) is 0 Å². The fourth-order valence-electron chi connectivity index (χ4n) is 1.44. The Hall–Kier alpha value is -1.12. The molecule has 1 aromatic carbocycles.